The number of nitrogens with zero attached hydrogens (tertiary/aromatic N) is 2. The number of hydrogen-bond acceptors (Lipinski definition) is 2. The quantitative estimate of drug-likeness (QED) is 0.888. The first-order valence-corrected chi connectivity index (χ1v) is 8.72. The fourth-order valence-corrected chi connectivity index (χ4v) is 3.45. The van der Waals surface area contributed by atoms with Crippen molar-refractivity contribution in [2.45, 2.75) is 31.7 Å². The molecule has 0 bridgehead atoms. The van der Waals surface area contributed by atoms with E-state index in [-0.39, 0.29) is 23.5 Å². The standard InChI is InChI=1S/C17H21ClFN3O2/c18-12-5-6-15(19)14(11-12)16(23)21-7-9-22(10-8-21)17(24)20-13-3-1-2-4-13/h5-6,11,13H,1-4,7-10H2,(H,20,24). The number of benzene rings is 1. The molecule has 2 aliphatic rings. The van der Waals surface area contributed by atoms with Crippen LogP contribution in [0.1, 0.15) is 36.0 Å². The Hall–Kier alpha value is -1.82. The Morgan fingerprint density at radius 1 is 1.08 bits per heavy atom. The lowest BCUT2D eigenvalue weighted by Crippen LogP contribution is -2.54. The number of carbonyl (C=O) groups is 2. The number of rotatable bonds is 2. The van der Waals surface area contributed by atoms with E-state index in [1.54, 1.807) is 9.80 Å². The van der Waals surface area contributed by atoms with Crippen LogP contribution in [-0.4, -0.2) is 54.0 Å². The van der Waals surface area contributed by atoms with Crippen LogP contribution in [0.2, 0.25) is 5.02 Å². The van der Waals surface area contributed by atoms with Crippen LogP contribution < -0.4 is 5.32 Å². The summed E-state index contributed by atoms with van der Waals surface area (Å²) in [6.07, 6.45) is 4.41. The lowest BCUT2D eigenvalue weighted by Gasteiger charge is -2.35. The number of halogens is 2. The molecule has 1 saturated carbocycles. The smallest absolute Gasteiger partial charge is 0.317 e. The molecule has 0 radical (unpaired) electrons. The molecular formula is C17H21ClFN3O2. The first-order valence-electron chi connectivity index (χ1n) is 8.34. The number of nitrogens with one attached hydrogen (secondary N) is 1. The van der Waals surface area contributed by atoms with Crippen molar-refractivity contribution in [3.05, 3.63) is 34.6 Å². The van der Waals surface area contributed by atoms with Crippen LogP contribution in [0.3, 0.4) is 0 Å². The summed E-state index contributed by atoms with van der Waals surface area (Å²) in [5, 5.41) is 3.38. The van der Waals surface area contributed by atoms with Crippen LogP contribution in [0.15, 0.2) is 18.2 Å². The molecule has 2 fully saturated rings. The molecule has 24 heavy (non-hydrogen) atoms. The Morgan fingerprint density at radius 2 is 1.71 bits per heavy atom. The van der Waals surface area contributed by atoms with Gasteiger partial charge < -0.3 is 15.1 Å². The monoisotopic (exact) mass is 353 g/mol. The SMILES string of the molecule is O=C(NC1CCCC1)N1CCN(C(=O)c2cc(Cl)ccc2F)CC1. The van der Waals surface area contributed by atoms with Crippen LogP contribution in [0.25, 0.3) is 0 Å². The van der Waals surface area contributed by atoms with Crippen molar-refractivity contribution in [2.24, 2.45) is 0 Å². The molecule has 130 valence electrons. The molecule has 5 nitrogen and oxygen atoms in total. The number of carbonyl (C=O) groups excluding carboxylic acids is 2. The van der Waals surface area contributed by atoms with Gasteiger partial charge in [0, 0.05) is 37.2 Å². The second-order valence-corrected chi connectivity index (χ2v) is 6.77. The molecule has 1 heterocycles. The molecular weight excluding hydrogens is 333 g/mol. The van der Waals surface area contributed by atoms with Gasteiger partial charge in [-0.25, -0.2) is 9.18 Å². The van der Waals surface area contributed by atoms with E-state index in [0.29, 0.717) is 31.2 Å². The summed E-state index contributed by atoms with van der Waals surface area (Å²) in [5.41, 5.74) is -0.0219. The van der Waals surface area contributed by atoms with Crippen molar-refractivity contribution >= 4 is 23.5 Å². The summed E-state index contributed by atoms with van der Waals surface area (Å²) >= 11 is 5.85. The van der Waals surface area contributed by atoms with E-state index in [0.717, 1.165) is 12.8 Å². The van der Waals surface area contributed by atoms with Crippen molar-refractivity contribution in [1.82, 2.24) is 15.1 Å². The molecule has 1 N–H and O–H groups in total. The van der Waals surface area contributed by atoms with Crippen molar-refractivity contribution < 1.29 is 14.0 Å². The van der Waals surface area contributed by atoms with Crippen molar-refractivity contribution in [3.8, 4) is 0 Å². The van der Waals surface area contributed by atoms with Crippen LogP contribution in [-0.2, 0) is 0 Å². The highest BCUT2D eigenvalue weighted by atomic mass is 35.5. The van der Waals surface area contributed by atoms with Crippen molar-refractivity contribution in [3.63, 3.8) is 0 Å². The molecule has 3 amide bonds. The van der Waals surface area contributed by atoms with Crippen LogP contribution >= 0.6 is 11.6 Å². The summed E-state index contributed by atoms with van der Waals surface area (Å²) in [5.74, 6) is -0.961. The third kappa shape index (κ3) is 3.80. The van der Waals surface area contributed by atoms with Gasteiger partial charge in [-0.1, -0.05) is 24.4 Å². The lowest BCUT2D eigenvalue weighted by molar-refractivity contribution is 0.0659. The van der Waals surface area contributed by atoms with Gasteiger partial charge in [0.15, 0.2) is 0 Å². The first kappa shape index (κ1) is 17.0. The summed E-state index contributed by atoms with van der Waals surface area (Å²) in [6, 6.07) is 4.17. The molecule has 1 saturated heterocycles. The summed E-state index contributed by atoms with van der Waals surface area (Å²) < 4.78 is 13.8. The minimum atomic E-state index is -0.578. The highest BCUT2D eigenvalue weighted by Crippen LogP contribution is 2.19. The number of urea groups is 1. The van der Waals surface area contributed by atoms with E-state index in [1.807, 2.05) is 0 Å². The average molecular weight is 354 g/mol. The van der Waals surface area contributed by atoms with Gasteiger partial charge >= 0.3 is 6.03 Å². The fourth-order valence-electron chi connectivity index (χ4n) is 3.28. The maximum Gasteiger partial charge on any atom is 0.317 e. The minimum absolute atomic E-state index is 0.0219. The Bertz CT molecular complexity index is 626. The molecule has 0 spiro atoms. The molecule has 0 unspecified atom stereocenters. The van der Waals surface area contributed by atoms with E-state index >= 15 is 0 Å². The molecule has 1 aliphatic heterocycles. The molecule has 1 aliphatic carbocycles. The average Bonchev–Trinajstić information content (AvgIpc) is 3.09. The highest BCUT2D eigenvalue weighted by Gasteiger charge is 2.27. The number of hydrogen-bond donors (Lipinski definition) is 1. The fraction of sp³-hybridized carbons (Fsp3) is 0.529. The van der Waals surface area contributed by atoms with E-state index in [1.165, 1.54) is 31.0 Å². The van der Waals surface area contributed by atoms with Crippen LogP contribution in [0.5, 0.6) is 0 Å². The summed E-state index contributed by atoms with van der Waals surface area (Å²) in [6.45, 7) is 1.69. The third-order valence-electron chi connectivity index (χ3n) is 4.70. The van der Waals surface area contributed by atoms with Crippen molar-refractivity contribution in [1.29, 1.82) is 0 Å². The Labute approximate surface area is 145 Å². The van der Waals surface area contributed by atoms with Gasteiger partial charge in [-0.05, 0) is 31.0 Å². The molecule has 1 aromatic rings. The zero-order valence-corrected chi connectivity index (χ0v) is 14.2. The van der Waals surface area contributed by atoms with Gasteiger partial charge in [-0.3, -0.25) is 4.79 Å². The Morgan fingerprint density at radius 3 is 2.38 bits per heavy atom. The Kier molecular flexibility index (Phi) is 5.23. The molecule has 1 aromatic carbocycles. The molecule has 0 atom stereocenters. The third-order valence-corrected chi connectivity index (χ3v) is 4.93. The normalized spacial score (nSPS) is 18.8. The van der Waals surface area contributed by atoms with E-state index < -0.39 is 5.82 Å². The minimum Gasteiger partial charge on any atom is -0.335 e. The Balaban J connectivity index is 1.55. The van der Waals surface area contributed by atoms with E-state index in [9.17, 15) is 14.0 Å². The summed E-state index contributed by atoms with van der Waals surface area (Å²) in [4.78, 5) is 28.0. The predicted molar refractivity (Wildman–Crippen MR) is 89.7 cm³/mol. The van der Waals surface area contributed by atoms with Crippen LogP contribution in [0, 0.1) is 5.82 Å². The largest absolute Gasteiger partial charge is 0.335 e. The van der Waals surface area contributed by atoms with Crippen LogP contribution in [0.4, 0.5) is 9.18 Å². The van der Waals surface area contributed by atoms with Gasteiger partial charge in [0.2, 0.25) is 0 Å². The van der Waals surface area contributed by atoms with Crippen molar-refractivity contribution in [2.75, 3.05) is 26.2 Å². The maximum absolute atomic E-state index is 13.8. The maximum atomic E-state index is 13.8. The topological polar surface area (TPSA) is 52.7 Å². The highest BCUT2D eigenvalue weighted by molar-refractivity contribution is 6.31. The van der Waals surface area contributed by atoms with Gasteiger partial charge in [-0.2, -0.15) is 0 Å². The zero-order chi connectivity index (χ0) is 17.1. The molecule has 0 aromatic heterocycles. The number of piperazine rings is 1. The molecule has 3 rings (SSSR count). The van der Waals surface area contributed by atoms with E-state index in [2.05, 4.69) is 5.32 Å². The zero-order valence-electron chi connectivity index (χ0n) is 13.4. The summed E-state index contributed by atoms with van der Waals surface area (Å²) in [7, 11) is 0. The lowest BCUT2D eigenvalue weighted by atomic mass is 10.1. The van der Waals surface area contributed by atoms with E-state index in [4.69, 9.17) is 11.6 Å². The van der Waals surface area contributed by atoms with Gasteiger partial charge in [0.25, 0.3) is 5.91 Å². The molecule has 7 heteroatoms. The second kappa shape index (κ2) is 7.38. The van der Waals surface area contributed by atoms with Gasteiger partial charge in [0.05, 0.1) is 5.56 Å². The first-order chi connectivity index (χ1) is 11.5. The van der Waals surface area contributed by atoms with Gasteiger partial charge in [-0.15, -0.1) is 0 Å². The number of amides is 3. The second-order valence-electron chi connectivity index (χ2n) is 6.33. The van der Waals surface area contributed by atoms with Gasteiger partial charge in [0.1, 0.15) is 5.82 Å². The predicted octanol–water partition coefficient (Wildman–Crippen LogP) is 2.89.